The van der Waals surface area contributed by atoms with E-state index in [1.54, 1.807) is 0 Å². The van der Waals surface area contributed by atoms with Crippen LogP contribution in [0.4, 0.5) is 22.7 Å². The number of nitrogen functional groups attached to an aromatic ring is 2. The van der Waals surface area contributed by atoms with Crippen LogP contribution in [0.25, 0.3) is 11.1 Å². The maximum atomic E-state index is 5.61. The first kappa shape index (κ1) is 18.1. The van der Waals surface area contributed by atoms with E-state index in [4.69, 9.17) is 11.5 Å². The minimum atomic E-state index is 0.782. The van der Waals surface area contributed by atoms with E-state index in [0.717, 1.165) is 33.9 Å². The predicted octanol–water partition coefficient (Wildman–Crippen LogP) is 5.95. The fourth-order valence-corrected chi connectivity index (χ4v) is 2.56. The monoisotopic (exact) mass is 353 g/mol. The van der Waals surface area contributed by atoms with Crippen LogP contribution in [0.1, 0.15) is 0 Å². The number of benzene rings is 4. The molecule has 0 saturated heterocycles. The molecule has 4 aromatic carbocycles. The molecule has 0 fully saturated rings. The molecule has 27 heavy (non-hydrogen) atoms. The molecule has 0 amide bonds. The van der Waals surface area contributed by atoms with Crippen molar-refractivity contribution in [1.29, 1.82) is 0 Å². The fourth-order valence-electron chi connectivity index (χ4n) is 2.56. The van der Waals surface area contributed by atoms with Crippen LogP contribution in [0.5, 0.6) is 0 Å². The molecule has 4 aromatic rings. The number of anilines is 4. The standard InChI is InChI=1S/C12H12N2.C12H11N/c13-11-5-1-9(2-6-11)10-3-7-12(14)8-4-10;1-3-7-11(8-4-1)13-12-9-5-2-6-10-12/h1-8H,13-14H2;1-10,13H. The highest BCUT2D eigenvalue weighted by molar-refractivity contribution is 5.67. The summed E-state index contributed by atoms with van der Waals surface area (Å²) in [5.74, 6) is 0. The average Bonchev–Trinajstić information content (AvgIpc) is 2.71. The zero-order chi connectivity index (χ0) is 18.9. The molecule has 0 heterocycles. The topological polar surface area (TPSA) is 64.1 Å². The second-order valence-electron chi connectivity index (χ2n) is 6.10. The molecule has 3 nitrogen and oxygen atoms in total. The van der Waals surface area contributed by atoms with Gasteiger partial charge in [-0.3, -0.25) is 0 Å². The second-order valence-corrected chi connectivity index (χ2v) is 6.10. The molecule has 0 aliphatic carbocycles. The SMILES string of the molecule is Nc1ccc(-c2ccc(N)cc2)cc1.c1ccc(Nc2ccccc2)cc1. The highest BCUT2D eigenvalue weighted by Crippen LogP contribution is 2.21. The number of nitrogens with one attached hydrogen (secondary N) is 1. The van der Waals surface area contributed by atoms with Crippen LogP contribution < -0.4 is 16.8 Å². The Morgan fingerprint density at radius 3 is 1.07 bits per heavy atom. The molecule has 0 bridgehead atoms. The van der Waals surface area contributed by atoms with E-state index in [2.05, 4.69) is 5.32 Å². The molecule has 0 radical (unpaired) electrons. The Morgan fingerprint density at radius 1 is 0.407 bits per heavy atom. The summed E-state index contributed by atoms with van der Waals surface area (Å²) in [6.45, 7) is 0. The fraction of sp³-hybridized carbons (Fsp3) is 0. The van der Waals surface area contributed by atoms with Crippen molar-refractivity contribution in [3.8, 4) is 11.1 Å². The lowest BCUT2D eigenvalue weighted by molar-refractivity contribution is 1.55. The summed E-state index contributed by atoms with van der Waals surface area (Å²) >= 11 is 0. The zero-order valence-electron chi connectivity index (χ0n) is 15.0. The first-order valence-electron chi connectivity index (χ1n) is 8.79. The maximum Gasteiger partial charge on any atom is 0.0384 e. The summed E-state index contributed by atoms with van der Waals surface area (Å²) in [5, 5.41) is 3.30. The van der Waals surface area contributed by atoms with Crippen molar-refractivity contribution in [3.63, 3.8) is 0 Å². The van der Waals surface area contributed by atoms with Crippen molar-refractivity contribution in [2.75, 3.05) is 16.8 Å². The van der Waals surface area contributed by atoms with E-state index in [1.165, 1.54) is 0 Å². The van der Waals surface area contributed by atoms with Gasteiger partial charge in [-0.1, -0.05) is 60.7 Å². The second kappa shape index (κ2) is 9.11. The minimum Gasteiger partial charge on any atom is -0.399 e. The van der Waals surface area contributed by atoms with Gasteiger partial charge < -0.3 is 16.8 Å². The zero-order valence-corrected chi connectivity index (χ0v) is 15.0. The Balaban J connectivity index is 0.000000156. The number of rotatable bonds is 3. The van der Waals surface area contributed by atoms with E-state index >= 15 is 0 Å². The molecule has 5 N–H and O–H groups in total. The van der Waals surface area contributed by atoms with Gasteiger partial charge in [0.15, 0.2) is 0 Å². The lowest BCUT2D eigenvalue weighted by Crippen LogP contribution is -1.87. The van der Waals surface area contributed by atoms with Crippen LogP contribution in [0.15, 0.2) is 109 Å². The first-order chi connectivity index (χ1) is 13.2. The number of para-hydroxylation sites is 2. The molecule has 0 aliphatic rings. The molecule has 134 valence electrons. The molecule has 0 unspecified atom stereocenters. The van der Waals surface area contributed by atoms with Crippen molar-refractivity contribution in [1.82, 2.24) is 0 Å². The van der Waals surface area contributed by atoms with Gasteiger partial charge in [-0.05, 0) is 59.7 Å². The van der Waals surface area contributed by atoms with Crippen LogP contribution in [-0.4, -0.2) is 0 Å². The van der Waals surface area contributed by atoms with Crippen LogP contribution >= 0.6 is 0 Å². The molecule has 4 rings (SSSR count). The highest BCUT2D eigenvalue weighted by Gasteiger charge is 1.96. The summed E-state index contributed by atoms with van der Waals surface area (Å²) in [7, 11) is 0. The lowest BCUT2D eigenvalue weighted by atomic mass is 10.1. The van der Waals surface area contributed by atoms with Gasteiger partial charge in [-0.2, -0.15) is 0 Å². The number of hydrogen-bond donors (Lipinski definition) is 3. The molecule has 0 aromatic heterocycles. The third-order valence-electron chi connectivity index (χ3n) is 3.99. The molecule has 0 spiro atoms. The molecule has 0 aliphatic heterocycles. The van der Waals surface area contributed by atoms with Gasteiger partial charge in [0.2, 0.25) is 0 Å². The van der Waals surface area contributed by atoms with Gasteiger partial charge in [0, 0.05) is 22.7 Å². The van der Waals surface area contributed by atoms with Gasteiger partial charge in [-0.25, -0.2) is 0 Å². The van der Waals surface area contributed by atoms with Gasteiger partial charge >= 0.3 is 0 Å². The van der Waals surface area contributed by atoms with Crippen molar-refractivity contribution >= 4 is 22.7 Å². The van der Waals surface area contributed by atoms with Crippen LogP contribution in [0.2, 0.25) is 0 Å². The Morgan fingerprint density at radius 2 is 0.741 bits per heavy atom. The number of hydrogen-bond acceptors (Lipinski definition) is 3. The third-order valence-corrected chi connectivity index (χ3v) is 3.99. The van der Waals surface area contributed by atoms with E-state index in [1.807, 2.05) is 109 Å². The van der Waals surface area contributed by atoms with Crippen molar-refractivity contribution < 1.29 is 0 Å². The number of nitrogens with two attached hydrogens (primary N) is 2. The molecular weight excluding hydrogens is 330 g/mol. The van der Waals surface area contributed by atoms with Crippen LogP contribution in [0.3, 0.4) is 0 Å². The van der Waals surface area contributed by atoms with E-state index in [9.17, 15) is 0 Å². The van der Waals surface area contributed by atoms with E-state index in [0.29, 0.717) is 0 Å². The van der Waals surface area contributed by atoms with E-state index < -0.39 is 0 Å². The van der Waals surface area contributed by atoms with Gasteiger partial charge in [0.05, 0.1) is 0 Å². The average molecular weight is 353 g/mol. The van der Waals surface area contributed by atoms with Gasteiger partial charge in [-0.15, -0.1) is 0 Å². The Labute approximate surface area is 160 Å². The molecule has 3 heteroatoms. The highest BCUT2D eigenvalue weighted by atomic mass is 14.9. The Hall–Kier alpha value is -3.72. The quantitative estimate of drug-likeness (QED) is 0.399. The summed E-state index contributed by atoms with van der Waals surface area (Å²) in [5.41, 5.74) is 17.3. The molecule has 0 saturated carbocycles. The van der Waals surface area contributed by atoms with Crippen molar-refractivity contribution in [3.05, 3.63) is 109 Å². The Bertz CT molecular complexity index is 851. The summed E-state index contributed by atoms with van der Waals surface area (Å²) in [6.07, 6.45) is 0. The minimum absolute atomic E-state index is 0.782. The lowest BCUT2D eigenvalue weighted by Gasteiger charge is -2.04. The smallest absolute Gasteiger partial charge is 0.0384 e. The normalized spacial score (nSPS) is 9.78. The third kappa shape index (κ3) is 5.65. The van der Waals surface area contributed by atoms with Gasteiger partial charge in [0.1, 0.15) is 0 Å². The Kier molecular flexibility index (Phi) is 6.10. The van der Waals surface area contributed by atoms with Crippen molar-refractivity contribution in [2.45, 2.75) is 0 Å². The summed E-state index contributed by atoms with van der Waals surface area (Å²) in [4.78, 5) is 0. The van der Waals surface area contributed by atoms with Crippen LogP contribution in [0, 0.1) is 0 Å². The maximum absolute atomic E-state index is 5.61. The van der Waals surface area contributed by atoms with Gasteiger partial charge in [0.25, 0.3) is 0 Å². The molecular formula is C24H23N3. The summed E-state index contributed by atoms with van der Waals surface area (Å²) in [6, 6.07) is 35.9. The largest absolute Gasteiger partial charge is 0.399 e. The summed E-state index contributed by atoms with van der Waals surface area (Å²) < 4.78 is 0. The van der Waals surface area contributed by atoms with E-state index in [-0.39, 0.29) is 0 Å². The van der Waals surface area contributed by atoms with Crippen molar-refractivity contribution in [2.24, 2.45) is 0 Å². The first-order valence-corrected chi connectivity index (χ1v) is 8.79. The van der Waals surface area contributed by atoms with Crippen LogP contribution in [-0.2, 0) is 0 Å². The molecule has 0 atom stereocenters. The predicted molar refractivity (Wildman–Crippen MR) is 117 cm³/mol.